The summed E-state index contributed by atoms with van der Waals surface area (Å²) in [4.78, 5) is 0. The minimum absolute atomic E-state index is 0.137. The van der Waals surface area contributed by atoms with Crippen LogP contribution in [0.5, 0.6) is 0 Å². The molecule has 0 aromatic heterocycles. The molecule has 0 spiro atoms. The molecule has 4 nitrogen and oxygen atoms in total. The van der Waals surface area contributed by atoms with E-state index in [0.29, 0.717) is 13.2 Å². The standard InChI is InChI=1S/C30H42NO3P2/c1-5-33-36(32,34-6-2)30(26(3)4)31-24-16-17-25-35(27-18-10-7-11-19-27,28-20-12-8-13-21-28)29-22-14-9-15-23-29/h7-15,18-23,26,30-31H,5-6,16-17,24-25H2,1-4H3/q+1. The normalized spacial score (nSPS) is 13.1. The quantitative estimate of drug-likeness (QED) is 0.179. The van der Waals surface area contributed by atoms with Gasteiger partial charge < -0.3 is 14.4 Å². The van der Waals surface area contributed by atoms with E-state index in [1.54, 1.807) is 0 Å². The van der Waals surface area contributed by atoms with Crippen molar-refractivity contribution in [3.8, 4) is 0 Å². The van der Waals surface area contributed by atoms with Crippen molar-refractivity contribution in [2.45, 2.75) is 46.3 Å². The van der Waals surface area contributed by atoms with E-state index in [1.165, 1.54) is 15.9 Å². The van der Waals surface area contributed by atoms with Gasteiger partial charge in [0, 0.05) is 0 Å². The fraction of sp³-hybridized carbons (Fsp3) is 0.400. The van der Waals surface area contributed by atoms with Crippen molar-refractivity contribution >= 4 is 30.8 Å². The van der Waals surface area contributed by atoms with Crippen molar-refractivity contribution in [2.75, 3.05) is 25.9 Å². The van der Waals surface area contributed by atoms with Gasteiger partial charge in [0.15, 0.2) is 0 Å². The van der Waals surface area contributed by atoms with Crippen LogP contribution in [-0.2, 0) is 13.6 Å². The summed E-state index contributed by atoms with van der Waals surface area (Å²) in [5, 5.41) is 7.76. The molecule has 1 N–H and O–H groups in total. The van der Waals surface area contributed by atoms with Crippen molar-refractivity contribution in [3.05, 3.63) is 91.0 Å². The first-order chi connectivity index (χ1) is 17.5. The largest absolute Gasteiger partial charge is 0.347 e. The van der Waals surface area contributed by atoms with Crippen molar-refractivity contribution in [1.29, 1.82) is 0 Å². The van der Waals surface area contributed by atoms with Gasteiger partial charge in [0.1, 0.15) is 29.0 Å². The van der Waals surface area contributed by atoms with Gasteiger partial charge in [0.25, 0.3) is 0 Å². The molecule has 0 saturated heterocycles. The second-order valence-electron chi connectivity index (χ2n) is 9.27. The topological polar surface area (TPSA) is 47.6 Å². The summed E-state index contributed by atoms with van der Waals surface area (Å²) in [5.74, 6) is -0.173. The first kappa shape index (κ1) is 28.8. The molecule has 6 heteroatoms. The summed E-state index contributed by atoms with van der Waals surface area (Å²) in [6.45, 7) is 9.39. The zero-order valence-corrected chi connectivity index (χ0v) is 24.0. The molecular formula is C30H42NO3P2+. The molecule has 0 aliphatic carbocycles. The maximum atomic E-state index is 13.4. The van der Waals surface area contributed by atoms with E-state index in [1.807, 2.05) is 13.8 Å². The Bertz CT molecular complexity index is 955. The molecule has 0 fully saturated rings. The predicted octanol–water partition coefficient (Wildman–Crippen LogP) is 6.60. The van der Waals surface area contributed by atoms with Crippen molar-refractivity contribution in [3.63, 3.8) is 0 Å². The van der Waals surface area contributed by atoms with Gasteiger partial charge >= 0.3 is 7.60 Å². The molecule has 0 amide bonds. The number of nitrogens with one attached hydrogen (secondary N) is 1. The Balaban J connectivity index is 1.82. The van der Waals surface area contributed by atoms with Crippen LogP contribution in [0.1, 0.15) is 40.5 Å². The van der Waals surface area contributed by atoms with E-state index >= 15 is 0 Å². The van der Waals surface area contributed by atoms with Gasteiger partial charge in [-0.25, -0.2) is 0 Å². The number of rotatable bonds is 15. The molecule has 3 rings (SSSR count). The van der Waals surface area contributed by atoms with E-state index in [-0.39, 0.29) is 11.7 Å². The highest BCUT2D eigenvalue weighted by atomic mass is 31.2. The van der Waals surface area contributed by atoms with Crippen LogP contribution in [0.15, 0.2) is 91.0 Å². The maximum absolute atomic E-state index is 13.4. The molecule has 0 aliphatic heterocycles. The summed E-state index contributed by atoms with van der Waals surface area (Å²) in [7, 11) is -5.04. The van der Waals surface area contributed by atoms with Crippen LogP contribution < -0.4 is 21.2 Å². The van der Waals surface area contributed by atoms with Gasteiger partial charge in [-0.2, -0.15) is 0 Å². The molecule has 3 aromatic rings. The average molecular weight is 527 g/mol. The molecule has 0 radical (unpaired) electrons. The van der Waals surface area contributed by atoms with Gasteiger partial charge in [0.05, 0.1) is 19.4 Å². The van der Waals surface area contributed by atoms with E-state index < -0.39 is 14.9 Å². The van der Waals surface area contributed by atoms with Gasteiger partial charge in [0.2, 0.25) is 0 Å². The van der Waals surface area contributed by atoms with Crippen LogP contribution >= 0.6 is 14.9 Å². The minimum Gasteiger partial charge on any atom is -0.308 e. The van der Waals surface area contributed by atoms with E-state index in [4.69, 9.17) is 9.05 Å². The Morgan fingerprint density at radius 2 is 1.14 bits per heavy atom. The zero-order valence-electron chi connectivity index (χ0n) is 22.2. The highest BCUT2D eigenvalue weighted by molar-refractivity contribution is 7.95. The van der Waals surface area contributed by atoms with Crippen LogP contribution in [0.2, 0.25) is 0 Å². The summed E-state index contributed by atoms with van der Waals surface area (Å²) >= 11 is 0. The van der Waals surface area contributed by atoms with Crippen molar-refractivity contribution < 1.29 is 13.6 Å². The number of hydrogen-bond acceptors (Lipinski definition) is 4. The summed E-state index contributed by atoms with van der Waals surface area (Å²) < 4.78 is 24.7. The highest BCUT2D eigenvalue weighted by Gasteiger charge is 2.44. The molecule has 0 bridgehead atoms. The Kier molecular flexibility index (Phi) is 11.4. The zero-order chi connectivity index (χ0) is 25.9. The van der Waals surface area contributed by atoms with Crippen LogP contribution in [0.4, 0.5) is 0 Å². The van der Waals surface area contributed by atoms with E-state index in [0.717, 1.165) is 25.5 Å². The van der Waals surface area contributed by atoms with Gasteiger partial charge in [-0.15, -0.1) is 0 Å². The number of benzene rings is 3. The Morgan fingerprint density at radius 3 is 1.50 bits per heavy atom. The predicted molar refractivity (Wildman–Crippen MR) is 157 cm³/mol. The fourth-order valence-electron chi connectivity index (χ4n) is 4.88. The van der Waals surface area contributed by atoms with E-state index in [2.05, 4.69) is 110 Å². The molecule has 1 unspecified atom stereocenters. The van der Waals surface area contributed by atoms with Gasteiger partial charge in [-0.3, -0.25) is 4.57 Å². The number of unbranched alkanes of at least 4 members (excludes halogenated alkanes) is 1. The van der Waals surface area contributed by atoms with Crippen LogP contribution in [0.3, 0.4) is 0 Å². The monoisotopic (exact) mass is 526 g/mol. The van der Waals surface area contributed by atoms with Crippen LogP contribution in [0.25, 0.3) is 0 Å². The molecule has 0 aliphatic rings. The summed E-state index contributed by atoms with van der Waals surface area (Å²) in [5.41, 5.74) is 0. The lowest BCUT2D eigenvalue weighted by atomic mass is 10.2. The summed E-state index contributed by atoms with van der Waals surface area (Å²) in [6, 6.07) is 33.0. The lowest BCUT2D eigenvalue weighted by molar-refractivity contribution is 0.199. The van der Waals surface area contributed by atoms with Crippen molar-refractivity contribution in [2.24, 2.45) is 5.92 Å². The van der Waals surface area contributed by atoms with E-state index in [9.17, 15) is 4.57 Å². The molecule has 36 heavy (non-hydrogen) atoms. The molecular weight excluding hydrogens is 484 g/mol. The molecule has 3 aromatic carbocycles. The average Bonchev–Trinajstić information content (AvgIpc) is 2.90. The maximum Gasteiger partial charge on any atom is 0.347 e. The Morgan fingerprint density at radius 1 is 0.722 bits per heavy atom. The first-order valence-electron chi connectivity index (χ1n) is 13.1. The second kappa shape index (κ2) is 14.2. The molecule has 0 heterocycles. The third-order valence-corrected chi connectivity index (χ3v) is 13.7. The fourth-order valence-corrected chi connectivity index (χ4v) is 11.5. The lowest BCUT2D eigenvalue weighted by Crippen LogP contribution is -2.36. The van der Waals surface area contributed by atoms with Crippen molar-refractivity contribution in [1.82, 2.24) is 5.32 Å². The highest BCUT2D eigenvalue weighted by Crippen LogP contribution is 2.56. The third kappa shape index (κ3) is 6.94. The smallest absolute Gasteiger partial charge is 0.308 e. The molecule has 194 valence electrons. The Labute approximate surface area is 218 Å². The SMILES string of the molecule is CCOP(=O)(OCC)C(NCCCC[P+](c1ccccc1)(c1ccccc1)c1ccccc1)C(C)C. The molecule has 0 saturated carbocycles. The summed E-state index contributed by atoms with van der Waals surface area (Å²) in [6.07, 6.45) is 3.11. The Hall–Kier alpha value is -1.80. The minimum atomic E-state index is -3.21. The third-order valence-electron chi connectivity index (χ3n) is 6.45. The second-order valence-corrected chi connectivity index (χ2v) is 15.0. The van der Waals surface area contributed by atoms with Gasteiger partial charge in [-0.1, -0.05) is 68.4 Å². The van der Waals surface area contributed by atoms with Gasteiger partial charge in [-0.05, 0) is 75.5 Å². The molecule has 1 atom stereocenters. The first-order valence-corrected chi connectivity index (χ1v) is 16.7. The van der Waals surface area contributed by atoms with Crippen LogP contribution in [0, 0.1) is 5.92 Å². The number of hydrogen-bond donors (Lipinski definition) is 1. The lowest BCUT2D eigenvalue weighted by Gasteiger charge is -2.30. The van der Waals surface area contributed by atoms with Crippen LogP contribution in [-0.4, -0.2) is 31.7 Å².